The molecule has 0 atom stereocenters. The monoisotopic (exact) mass is 312 g/mol. The number of rotatable bonds is 5. The minimum atomic E-state index is -0.301. The van der Waals surface area contributed by atoms with E-state index in [-0.39, 0.29) is 18.4 Å². The van der Waals surface area contributed by atoms with Crippen LogP contribution in [-0.2, 0) is 4.79 Å². The van der Waals surface area contributed by atoms with Crippen LogP contribution in [0.3, 0.4) is 0 Å². The summed E-state index contributed by atoms with van der Waals surface area (Å²) in [6, 6.07) is 10.7. The molecule has 2 aromatic rings. The van der Waals surface area contributed by atoms with E-state index in [0.29, 0.717) is 11.3 Å². The van der Waals surface area contributed by atoms with Crippen LogP contribution in [0.2, 0.25) is 0 Å². The van der Waals surface area contributed by atoms with Gasteiger partial charge in [-0.25, -0.2) is 4.98 Å². The van der Waals surface area contributed by atoms with Gasteiger partial charge >= 0.3 is 0 Å². The lowest BCUT2D eigenvalue weighted by Gasteiger charge is -2.12. The fourth-order valence-corrected chi connectivity index (χ4v) is 1.90. The Hall–Kier alpha value is -2.89. The molecule has 0 fully saturated rings. The maximum Gasteiger partial charge on any atom is 0.251 e. The van der Waals surface area contributed by atoms with E-state index in [0.717, 1.165) is 11.4 Å². The Kier molecular flexibility index (Phi) is 5.30. The van der Waals surface area contributed by atoms with Crippen molar-refractivity contribution >= 4 is 23.3 Å². The topological polar surface area (TPSA) is 74.3 Å². The summed E-state index contributed by atoms with van der Waals surface area (Å²) in [5.74, 6) is 0.224. The van der Waals surface area contributed by atoms with Crippen molar-refractivity contribution in [3.8, 4) is 0 Å². The molecule has 1 aromatic carbocycles. The SMILES string of the molecule is Cc1ccc(C(=O)NCC(=O)Nc2ccc(N(C)C)nc2)cc1. The predicted molar refractivity (Wildman–Crippen MR) is 90.7 cm³/mol. The van der Waals surface area contributed by atoms with Crippen molar-refractivity contribution in [2.75, 3.05) is 30.9 Å². The minimum absolute atomic E-state index is 0.0951. The van der Waals surface area contributed by atoms with E-state index in [1.54, 1.807) is 30.5 Å². The molecule has 1 heterocycles. The number of aryl methyl sites for hydroxylation is 1. The number of carbonyl (C=O) groups is 2. The largest absolute Gasteiger partial charge is 0.363 e. The van der Waals surface area contributed by atoms with Crippen molar-refractivity contribution in [1.29, 1.82) is 0 Å². The molecule has 6 heteroatoms. The van der Waals surface area contributed by atoms with E-state index in [9.17, 15) is 9.59 Å². The number of anilines is 2. The first-order valence-corrected chi connectivity index (χ1v) is 7.24. The summed E-state index contributed by atoms with van der Waals surface area (Å²) in [5.41, 5.74) is 2.19. The molecular weight excluding hydrogens is 292 g/mol. The lowest BCUT2D eigenvalue weighted by molar-refractivity contribution is -0.115. The molecule has 23 heavy (non-hydrogen) atoms. The summed E-state index contributed by atoms with van der Waals surface area (Å²) in [4.78, 5) is 29.9. The van der Waals surface area contributed by atoms with Gasteiger partial charge in [0.1, 0.15) is 5.82 Å². The lowest BCUT2D eigenvalue weighted by Crippen LogP contribution is -2.32. The quantitative estimate of drug-likeness (QED) is 0.883. The van der Waals surface area contributed by atoms with Crippen molar-refractivity contribution in [3.05, 3.63) is 53.7 Å². The molecule has 0 radical (unpaired) electrons. The van der Waals surface area contributed by atoms with Crippen LogP contribution >= 0.6 is 0 Å². The Balaban J connectivity index is 1.85. The number of aromatic nitrogens is 1. The molecule has 0 saturated carbocycles. The van der Waals surface area contributed by atoms with Gasteiger partial charge in [0.25, 0.3) is 5.91 Å². The molecule has 1 aromatic heterocycles. The van der Waals surface area contributed by atoms with Crippen molar-refractivity contribution in [3.63, 3.8) is 0 Å². The average Bonchev–Trinajstić information content (AvgIpc) is 2.54. The van der Waals surface area contributed by atoms with Gasteiger partial charge < -0.3 is 15.5 Å². The number of amides is 2. The number of hydrogen-bond donors (Lipinski definition) is 2. The van der Waals surface area contributed by atoms with Gasteiger partial charge in [0.15, 0.2) is 0 Å². The van der Waals surface area contributed by atoms with Crippen LogP contribution < -0.4 is 15.5 Å². The van der Waals surface area contributed by atoms with Gasteiger partial charge in [0.05, 0.1) is 18.4 Å². The number of nitrogens with zero attached hydrogens (tertiary/aromatic N) is 2. The first kappa shape index (κ1) is 16.5. The molecule has 120 valence electrons. The van der Waals surface area contributed by atoms with E-state index in [1.165, 1.54) is 0 Å². The van der Waals surface area contributed by atoms with E-state index >= 15 is 0 Å². The van der Waals surface area contributed by atoms with Gasteiger partial charge in [-0.3, -0.25) is 9.59 Å². The maximum atomic E-state index is 11.9. The van der Waals surface area contributed by atoms with Crippen molar-refractivity contribution in [2.45, 2.75) is 6.92 Å². The van der Waals surface area contributed by atoms with E-state index < -0.39 is 0 Å². The van der Waals surface area contributed by atoms with Crippen LogP contribution in [0, 0.1) is 6.92 Å². The summed E-state index contributed by atoms with van der Waals surface area (Å²) < 4.78 is 0. The zero-order valence-electron chi connectivity index (χ0n) is 13.5. The summed E-state index contributed by atoms with van der Waals surface area (Å²) >= 11 is 0. The fraction of sp³-hybridized carbons (Fsp3) is 0.235. The Morgan fingerprint density at radius 2 is 1.78 bits per heavy atom. The van der Waals surface area contributed by atoms with Gasteiger partial charge in [-0.1, -0.05) is 17.7 Å². The maximum absolute atomic E-state index is 11.9. The second-order valence-electron chi connectivity index (χ2n) is 5.40. The van der Waals surface area contributed by atoms with Gasteiger partial charge in [-0.15, -0.1) is 0 Å². The summed E-state index contributed by atoms with van der Waals surface area (Å²) in [6.07, 6.45) is 1.58. The van der Waals surface area contributed by atoms with Crippen LogP contribution in [-0.4, -0.2) is 37.4 Å². The molecule has 2 rings (SSSR count). The number of carbonyl (C=O) groups excluding carboxylic acids is 2. The molecule has 0 bridgehead atoms. The zero-order valence-corrected chi connectivity index (χ0v) is 13.5. The Bertz CT molecular complexity index is 679. The molecule has 0 aliphatic carbocycles. The van der Waals surface area contributed by atoms with Gasteiger partial charge in [0, 0.05) is 19.7 Å². The number of nitrogens with one attached hydrogen (secondary N) is 2. The normalized spacial score (nSPS) is 10.0. The van der Waals surface area contributed by atoms with E-state index in [1.807, 2.05) is 38.1 Å². The molecule has 0 unspecified atom stereocenters. The van der Waals surface area contributed by atoms with Crippen LogP contribution in [0.25, 0.3) is 0 Å². The highest BCUT2D eigenvalue weighted by Gasteiger charge is 2.08. The highest BCUT2D eigenvalue weighted by Crippen LogP contribution is 2.11. The van der Waals surface area contributed by atoms with E-state index in [4.69, 9.17) is 0 Å². The second-order valence-corrected chi connectivity index (χ2v) is 5.40. The Labute approximate surface area is 135 Å². The van der Waals surface area contributed by atoms with E-state index in [2.05, 4.69) is 15.6 Å². The molecule has 2 amide bonds. The smallest absolute Gasteiger partial charge is 0.251 e. The second kappa shape index (κ2) is 7.40. The number of hydrogen-bond acceptors (Lipinski definition) is 4. The minimum Gasteiger partial charge on any atom is -0.363 e. The molecular formula is C17H20N4O2. The highest BCUT2D eigenvalue weighted by molar-refractivity contribution is 5.99. The summed E-state index contributed by atoms with van der Waals surface area (Å²) in [6.45, 7) is 1.85. The molecule has 0 aliphatic rings. The third-order valence-corrected chi connectivity index (χ3v) is 3.21. The number of pyridine rings is 1. The van der Waals surface area contributed by atoms with Gasteiger partial charge in [0.2, 0.25) is 5.91 Å². The summed E-state index contributed by atoms with van der Waals surface area (Å²) in [5, 5.41) is 5.28. The Morgan fingerprint density at radius 1 is 1.09 bits per heavy atom. The molecule has 2 N–H and O–H groups in total. The van der Waals surface area contributed by atoms with Crippen LogP contribution in [0.15, 0.2) is 42.6 Å². The average molecular weight is 312 g/mol. The lowest BCUT2D eigenvalue weighted by atomic mass is 10.1. The van der Waals surface area contributed by atoms with Crippen molar-refractivity contribution in [1.82, 2.24) is 10.3 Å². The van der Waals surface area contributed by atoms with Gasteiger partial charge in [-0.05, 0) is 31.2 Å². The standard InChI is InChI=1S/C17H20N4O2/c1-12-4-6-13(7-5-12)17(23)19-11-16(22)20-14-8-9-15(18-10-14)21(2)3/h4-10H,11H2,1-3H3,(H,19,23)(H,20,22). The predicted octanol–water partition coefficient (Wildman–Crippen LogP) is 1.82. The summed E-state index contributed by atoms with van der Waals surface area (Å²) in [7, 11) is 3.78. The third-order valence-electron chi connectivity index (χ3n) is 3.21. The van der Waals surface area contributed by atoms with Crippen molar-refractivity contribution in [2.24, 2.45) is 0 Å². The first-order chi connectivity index (χ1) is 11.0. The molecule has 6 nitrogen and oxygen atoms in total. The fourth-order valence-electron chi connectivity index (χ4n) is 1.90. The molecule has 0 spiro atoms. The molecule has 0 aliphatic heterocycles. The van der Waals surface area contributed by atoms with Crippen LogP contribution in [0.1, 0.15) is 15.9 Å². The van der Waals surface area contributed by atoms with Crippen LogP contribution in [0.5, 0.6) is 0 Å². The number of benzene rings is 1. The third kappa shape index (κ3) is 4.81. The Morgan fingerprint density at radius 3 is 2.35 bits per heavy atom. The van der Waals surface area contributed by atoms with Crippen LogP contribution in [0.4, 0.5) is 11.5 Å². The van der Waals surface area contributed by atoms with Gasteiger partial charge in [-0.2, -0.15) is 0 Å². The first-order valence-electron chi connectivity index (χ1n) is 7.24. The van der Waals surface area contributed by atoms with Crippen molar-refractivity contribution < 1.29 is 9.59 Å². The zero-order chi connectivity index (χ0) is 16.8. The molecule has 0 saturated heterocycles. The highest BCUT2D eigenvalue weighted by atomic mass is 16.2.